The molecule has 0 radical (unpaired) electrons. The number of carbonyl (C=O) groups is 6. The molecule has 6 N–H and O–H groups in total. The predicted molar refractivity (Wildman–Crippen MR) is 299 cm³/mol. The zero-order valence-corrected chi connectivity index (χ0v) is 48.7. The highest BCUT2D eigenvalue weighted by Gasteiger charge is 2.66. The molecule has 6 atom stereocenters. The third-order valence-electron chi connectivity index (χ3n) is 19.5. The molecule has 12 bridgehead atoms. The topological polar surface area (TPSA) is 175 Å². The van der Waals surface area contributed by atoms with E-state index in [2.05, 4.69) is 73.4 Å². The average Bonchev–Trinajstić information content (AvgIpc) is 3.29. The van der Waals surface area contributed by atoms with Gasteiger partial charge >= 0.3 is 0 Å². The molecular formula is C54H84N6O6S6. The van der Waals surface area contributed by atoms with Gasteiger partial charge in [0.05, 0.1) is 32.5 Å². The van der Waals surface area contributed by atoms with E-state index in [1.54, 1.807) is 64.8 Å². The van der Waals surface area contributed by atoms with Crippen LogP contribution >= 0.6 is 64.8 Å². The molecule has 18 heteroatoms. The summed E-state index contributed by atoms with van der Waals surface area (Å²) in [4.78, 5) is 85.9. The van der Waals surface area contributed by atoms with Crippen LogP contribution in [0.1, 0.15) is 157 Å². The van der Waals surface area contributed by atoms with Crippen LogP contribution in [0.3, 0.4) is 0 Å². The molecule has 13 aliphatic rings. The minimum atomic E-state index is -0.497. The lowest BCUT2D eigenvalue weighted by molar-refractivity contribution is -0.168. The van der Waals surface area contributed by atoms with E-state index in [0.717, 1.165) is 131 Å². The number of nitrogens with one attached hydrogen (secondary N) is 6. The van der Waals surface area contributed by atoms with Crippen LogP contribution in [0.2, 0.25) is 0 Å². The first kappa shape index (κ1) is 54.3. The maximum Gasteiger partial charge on any atom is 0.226 e. The number of hydrogen-bond donors (Lipinski definition) is 6. The van der Waals surface area contributed by atoms with E-state index in [-0.39, 0.29) is 71.7 Å². The summed E-state index contributed by atoms with van der Waals surface area (Å²) >= 11 is 0. The molecule has 402 valence electrons. The van der Waals surface area contributed by atoms with E-state index in [9.17, 15) is 28.8 Å². The average molecular weight is 1110 g/mol. The van der Waals surface area contributed by atoms with Crippen molar-refractivity contribution in [3.8, 4) is 0 Å². The Kier molecular flexibility index (Phi) is 16.0. The minimum absolute atomic E-state index is 0.0241. The standard InChI is InChI=1S/C54H84N6O6S6/c1-31-22-67-68-23-32(2)56-45(63)51-14-39-8-40(15-51)17-52(16-39,29-51)46(64)58-35(5)26-71-72-27-36(6)60-48(66)54-20-41-9-42(21-54)19-53(18-41,30-54)47(65)59-34(4)25-70-69-24-33(3)57-44(62)50-12-37-7-38(13-50)11-49(10-37,28-50)43(61)55-31/h31-42H,7-30H2,1-6H3,(H,55,61)(H,56,63)(H,57,62)(H,58,64)(H,59,65)(H,60,66)/t31-,32-,33-,34-,35-,36-,37?,38?,39?,40?,41?,42?,49?,50?,51?,52?,53?,54?/m0/s1. The number of rotatable bonds is 0. The molecule has 12 aliphatic carbocycles. The first-order chi connectivity index (χ1) is 34.2. The van der Waals surface area contributed by atoms with E-state index in [1.165, 1.54) is 0 Å². The minimum Gasteiger partial charge on any atom is -0.352 e. The van der Waals surface area contributed by atoms with Gasteiger partial charge in [-0.25, -0.2) is 0 Å². The summed E-state index contributed by atoms with van der Waals surface area (Å²) in [5, 5.41) is 20.4. The molecule has 0 aromatic carbocycles. The Balaban J connectivity index is 0.793. The van der Waals surface area contributed by atoms with E-state index < -0.39 is 32.5 Å². The van der Waals surface area contributed by atoms with Gasteiger partial charge in [0.15, 0.2) is 0 Å². The van der Waals surface area contributed by atoms with Crippen LogP contribution in [0.4, 0.5) is 0 Å². The fourth-order valence-electron chi connectivity index (χ4n) is 17.8. The number of carbonyl (C=O) groups excluding carboxylic acids is 6. The van der Waals surface area contributed by atoms with Gasteiger partial charge in [-0.2, -0.15) is 0 Å². The smallest absolute Gasteiger partial charge is 0.226 e. The van der Waals surface area contributed by atoms with Gasteiger partial charge in [-0.05, 0) is 193 Å². The van der Waals surface area contributed by atoms with E-state index >= 15 is 0 Å². The lowest BCUT2D eigenvalue weighted by Crippen LogP contribution is -2.62. The Hall–Kier alpha value is -1.08. The third kappa shape index (κ3) is 11.0. The molecule has 0 unspecified atom stereocenters. The highest BCUT2D eigenvalue weighted by molar-refractivity contribution is 8.77. The first-order valence-corrected chi connectivity index (χ1v) is 35.3. The molecule has 0 aromatic heterocycles. The van der Waals surface area contributed by atoms with Gasteiger partial charge in [0, 0.05) is 70.8 Å². The van der Waals surface area contributed by atoms with E-state index in [4.69, 9.17) is 0 Å². The Morgan fingerprint density at radius 3 is 0.556 bits per heavy atom. The molecule has 0 aromatic rings. The highest BCUT2D eigenvalue weighted by Crippen LogP contribution is 2.68. The van der Waals surface area contributed by atoms with Gasteiger partial charge in [0.1, 0.15) is 0 Å². The Bertz CT molecular complexity index is 1710. The van der Waals surface area contributed by atoms with Crippen LogP contribution in [-0.2, 0) is 28.8 Å². The van der Waals surface area contributed by atoms with E-state index in [1.807, 2.05) is 0 Å². The highest BCUT2D eigenvalue weighted by atomic mass is 33.1. The van der Waals surface area contributed by atoms with Gasteiger partial charge in [0.2, 0.25) is 35.4 Å². The number of amides is 6. The lowest BCUT2D eigenvalue weighted by Gasteiger charge is -2.60. The SMILES string of the molecule is C[C@H]1CSSC[C@H](C)NC(=O)C23CC4CC(C2)CC(C4)(C3)C(=O)N[C@@H](C)CSSC[C@H](C)NC(=O)C23CC4CC(CC(C4)(C2)C(=O)N[C@@H](C)CSSC[C@H](C)NC(=O)C24CC5CC(CC(C5)(C2)C(=O)N1)C4)C3. The molecule has 72 heavy (non-hydrogen) atoms. The third-order valence-corrected chi connectivity index (χ3v) is 27.8. The summed E-state index contributed by atoms with van der Waals surface area (Å²) in [6.07, 6.45) is 15.7. The van der Waals surface area contributed by atoms with Gasteiger partial charge in [-0.1, -0.05) is 64.8 Å². The van der Waals surface area contributed by atoms with Crippen molar-refractivity contribution >= 4 is 100 Å². The van der Waals surface area contributed by atoms with Crippen molar-refractivity contribution in [3.63, 3.8) is 0 Å². The molecule has 6 spiro atoms. The van der Waals surface area contributed by atoms with Crippen LogP contribution in [-0.4, -0.2) is 106 Å². The second-order valence-corrected chi connectivity index (χ2v) is 34.2. The lowest BCUT2D eigenvalue weighted by atomic mass is 9.43. The van der Waals surface area contributed by atoms with Crippen molar-refractivity contribution < 1.29 is 28.8 Å². The van der Waals surface area contributed by atoms with Crippen molar-refractivity contribution in [2.75, 3.05) is 34.5 Å². The van der Waals surface area contributed by atoms with Crippen LogP contribution in [0.15, 0.2) is 0 Å². The summed E-state index contributed by atoms with van der Waals surface area (Å²) in [7, 11) is 10.4. The maximum atomic E-state index is 14.3. The number of hydrogen-bond acceptors (Lipinski definition) is 12. The molecular weight excluding hydrogens is 1020 g/mol. The van der Waals surface area contributed by atoms with Crippen LogP contribution < -0.4 is 31.9 Å². The van der Waals surface area contributed by atoms with Crippen LogP contribution in [0, 0.1) is 68.0 Å². The van der Waals surface area contributed by atoms with Crippen molar-refractivity contribution in [2.24, 2.45) is 68.0 Å². The molecule has 1 heterocycles. The van der Waals surface area contributed by atoms with Crippen molar-refractivity contribution in [2.45, 2.75) is 193 Å². The molecule has 1 aliphatic heterocycles. The fraction of sp³-hybridized carbons (Fsp3) is 0.889. The van der Waals surface area contributed by atoms with Gasteiger partial charge < -0.3 is 31.9 Å². The summed E-state index contributed by atoms with van der Waals surface area (Å²) in [6, 6.07) is -0.145. The zero-order chi connectivity index (χ0) is 50.8. The molecule has 13 fully saturated rings. The molecule has 12 saturated carbocycles. The maximum absolute atomic E-state index is 14.3. The molecule has 6 amide bonds. The second-order valence-electron chi connectivity index (χ2n) is 26.5. The predicted octanol–water partition coefficient (Wildman–Crippen LogP) is 8.93. The summed E-state index contributed by atoms with van der Waals surface area (Å²) in [5.41, 5.74) is -2.98. The molecule has 13 rings (SSSR count). The van der Waals surface area contributed by atoms with Crippen molar-refractivity contribution in [1.82, 2.24) is 31.9 Å². The quantitative estimate of drug-likeness (QED) is 0.127. The first-order valence-electron chi connectivity index (χ1n) is 27.8. The van der Waals surface area contributed by atoms with Gasteiger partial charge in [-0.15, -0.1) is 0 Å². The van der Waals surface area contributed by atoms with Crippen molar-refractivity contribution in [3.05, 3.63) is 0 Å². The van der Waals surface area contributed by atoms with Crippen LogP contribution in [0.25, 0.3) is 0 Å². The largest absolute Gasteiger partial charge is 0.352 e. The summed E-state index contributed by atoms with van der Waals surface area (Å²) in [6.45, 7) is 12.5. The Labute approximate surface area is 453 Å². The zero-order valence-electron chi connectivity index (χ0n) is 43.8. The summed E-state index contributed by atoms with van der Waals surface area (Å²) in [5.74, 6) is 7.63. The monoisotopic (exact) mass is 1100 g/mol. The molecule has 12 nitrogen and oxygen atoms in total. The normalized spacial score (nSPS) is 48.8. The second kappa shape index (κ2) is 21.3. The van der Waals surface area contributed by atoms with Gasteiger partial charge in [-0.3, -0.25) is 28.8 Å². The fourth-order valence-corrected chi connectivity index (χ4v) is 25.5. The Morgan fingerprint density at radius 1 is 0.278 bits per heavy atom. The summed E-state index contributed by atoms with van der Waals surface area (Å²) < 4.78 is 0. The van der Waals surface area contributed by atoms with Crippen LogP contribution in [0.5, 0.6) is 0 Å². The Morgan fingerprint density at radius 2 is 0.417 bits per heavy atom. The van der Waals surface area contributed by atoms with E-state index in [0.29, 0.717) is 54.8 Å². The van der Waals surface area contributed by atoms with Gasteiger partial charge in [0.25, 0.3) is 0 Å². The molecule has 1 saturated heterocycles. The van der Waals surface area contributed by atoms with Crippen molar-refractivity contribution in [1.29, 1.82) is 0 Å².